The molecule has 0 radical (unpaired) electrons. The molecule has 0 unspecified atom stereocenters. The van der Waals surface area contributed by atoms with Crippen molar-refractivity contribution in [2.75, 3.05) is 31.5 Å². The third kappa shape index (κ3) is 4.37. The fourth-order valence-electron chi connectivity index (χ4n) is 3.01. The average Bonchev–Trinajstić information content (AvgIpc) is 2.64. The topological polar surface area (TPSA) is 59.4 Å². The second-order valence-electron chi connectivity index (χ2n) is 6.31. The lowest BCUT2D eigenvalue weighted by molar-refractivity contribution is 0.143. The van der Waals surface area contributed by atoms with Gasteiger partial charge in [-0.3, -0.25) is 4.90 Å². The molecule has 1 heterocycles. The van der Waals surface area contributed by atoms with Crippen LogP contribution in [0.3, 0.4) is 0 Å². The molecule has 5 heteroatoms. The van der Waals surface area contributed by atoms with Crippen molar-refractivity contribution in [2.45, 2.75) is 13.5 Å². The molecule has 0 aromatic heterocycles. The molecular weight excluding hydrogens is 312 g/mol. The van der Waals surface area contributed by atoms with Crippen LogP contribution in [-0.2, 0) is 6.54 Å². The average molecular weight is 334 g/mol. The molecule has 25 heavy (non-hydrogen) atoms. The molecule has 5 nitrogen and oxygen atoms in total. The van der Waals surface area contributed by atoms with Crippen LogP contribution >= 0.6 is 0 Å². The molecule has 1 fully saturated rings. The fraction of sp³-hybridized carbons (Fsp3) is 0.300. The molecule has 0 spiro atoms. The Kier molecular flexibility index (Phi) is 5.32. The van der Waals surface area contributed by atoms with E-state index in [9.17, 15) is 4.79 Å². The lowest BCUT2D eigenvalue weighted by Crippen LogP contribution is -2.49. The standard InChI is InChI=1S/C20H22N4O/c1-16-5-2-3-7-18(16)15-23-9-11-24(12-10-23)20(25)22-19-8-4-6-17(13-19)14-21/h2-8,13H,9-12,15H2,1H3,(H,22,25). The van der Waals surface area contributed by atoms with Gasteiger partial charge >= 0.3 is 6.03 Å². The summed E-state index contributed by atoms with van der Waals surface area (Å²) in [6, 6.07) is 17.4. The van der Waals surface area contributed by atoms with Crippen molar-refractivity contribution >= 4 is 11.7 Å². The van der Waals surface area contributed by atoms with Crippen LogP contribution in [0.15, 0.2) is 48.5 Å². The molecule has 1 aliphatic heterocycles. The van der Waals surface area contributed by atoms with Gasteiger partial charge in [0.1, 0.15) is 0 Å². The molecule has 128 valence electrons. The van der Waals surface area contributed by atoms with Gasteiger partial charge in [0.2, 0.25) is 0 Å². The molecule has 2 aromatic carbocycles. The largest absolute Gasteiger partial charge is 0.322 e. The molecule has 1 saturated heterocycles. The maximum atomic E-state index is 12.4. The Morgan fingerprint density at radius 2 is 1.88 bits per heavy atom. The van der Waals surface area contributed by atoms with Crippen LogP contribution in [0, 0.1) is 18.3 Å². The molecule has 2 amide bonds. The zero-order valence-corrected chi connectivity index (χ0v) is 14.4. The maximum absolute atomic E-state index is 12.4. The van der Waals surface area contributed by atoms with E-state index in [0.717, 1.165) is 19.6 Å². The number of benzene rings is 2. The highest BCUT2D eigenvalue weighted by atomic mass is 16.2. The number of nitriles is 1. The first-order valence-electron chi connectivity index (χ1n) is 8.48. The van der Waals surface area contributed by atoms with Crippen LogP contribution in [0.5, 0.6) is 0 Å². The van der Waals surface area contributed by atoms with Gasteiger partial charge in [0.05, 0.1) is 11.6 Å². The molecule has 0 atom stereocenters. The lowest BCUT2D eigenvalue weighted by atomic mass is 10.1. The summed E-state index contributed by atoms with van der Waals surface area (Å²) in [6.07, 6.45) is 0. The van der Waals surface area contributed by atoms with Gasteiger partial charge in [-0.2, -0.15) is 5.26 Å². The fourth-order valence-corrected chi connectivity index (χ4v) is 3.01. The molecule has 0 aliphatic carbocycles. The highest BCUT2D eigenvalue weighted by molar-refractivity contribution is 5.89. The van der Waals surface area contributed by atoms with Crippen molar-refractivity contribution in [3.05, 3.63) is 65.2 Å². The number of hydrogen-bond acceptors (Lipinski definition) is 3. The number of anilines is 1. The number of carbonyl (C=O) groups is 1. The second-order valence-corrected chi connectivity index (χ2v) is 6.31. The first-order chi connectivity index (χ1) is 12.2. The number of aryl methyl sites for hydroxylation is 1. The van der Waals surface area contributed by atoms with Crippen LogP contribution in [0.2, 0.25) is 0 Å². The molecule has 2 aromatic rings. The third-order valence-electron chi connectivity index (χ3n) is 4.56. The minimum absolute atomic E-state index is 0.106. The Labute approximate surface area is 148 Å². The first-order valence-corrected chi connectivity index (χ1v) is 8.48. The van der Waals surface area contributed by atoms with Crippen molar-refractivity contribution in [1.29, 1.82) is 5.26 Å². The number of carbonyl (C=O) groups excluding carboxylic acids is 1. The van der Waals surface area contributed by atoms with E-state index in [4.69, 9.17) is 5.26 Å². The zero-order valence-electron chi connectivity index (χ0n) is 14.4. The van der Waals surface area contributed by atoms with Crippen LogP contribution in [0.25, 0.3) is 0 Å². The molecular formula is C20H22N4O. The first kappa shape index (κ1) is 17.0. The minimum atomic E-state index is -0.106. The SMILES string of the molecule is Cc1ccccc1CN1CCN(C(=O)Nc2cccc(C#N)c2)CC1. The van der Waals surface area contributed by atoms with E-state index in [0.29, 0.717) is 24.3 Å². The normalized spacial score (nSPS) is 14.8. The van der Waals surface area contributed by atoms with Gasteiger partial charge in [-0.05, 0) is 36.2 Å². The summed E-state index contributed by atoms with van der Waals surface area (Å²) in [5, 5.41) is 11.8. The van der Waals surface area contributed by atoms with Gasteiger partial charge in [-0.25, -0.2) is 4.79 Å². The highest BCUT2D eigenvalue weighted by Crippen LogP contribution is 2.14. The van der Waals surface area contributed by atoms with E-state index >= 15 is 0 Å². The Morgan fingerprint density at radius 1 is 1.12 bits per heavy atom. The quantitative estimate of drug-likeness (QED) is 0.937. The smallest absolute Gasteiger partial charge is 0.321 e. The number of rotatable bonds is 3. The zero-order chi connectivity index (χ0) is 17.6. The number of urea groups is 1. The number of nitrogens with one attached hydrogen (secondary N) is 1. The Bertz CT molecular complexity index is 788. The molecule has 3 rings (SSSR count). The van der Waals surface area contributed by atoms with E-state index in [-0.39, 0.29) is 6.03 Å². The van der Waals surface area contributed by atoms with Gasteiger partial charge < -0.3 is 10.2 Å². The van der Waals surface area contributed by atoms with E-state index in [1.165, 1.54) is 11.1 Å². The predicted molar refractivity (Wildman–Crippen MR) is 98.2 cm³/mol. The maximum Gasteiger partial charge on any atom is 0.321 e. The van der Waals surface area contributed by atoms with Crippen molar-refractivity contribution in [3.63, 3.8) is 0 Å². The second kappa shape index (κ2) is 7.82. The summed E-state index contributed by atoms with van der Waals surface area (Å²) in [5.41, 5.74) is 3.85. The summed E-state index contributed by atoms with van der Waals surface area (Å²) < 4.78 is 0. The number of nitrogens with zero attached hydrogens (tertiary/aromatic N) is 3. The van der Waals surface area contributed by atoms with Gasteiger partial charge in [0.15, 0.2) is 0 Å². The lowest BCUT2D eigenvalue weighted by Gasteiger charge is -2.35. The van der Waals surface area contributed by atoms with E-state index in [2.05, 4.69) is 47.5 Å². The van der Waals surface area contributed by atoms with Crippen molar-refractivity contribution < 1.29 is 4.79 Å². The molecule has 1 N–H and O–H groups in total. The summed E-state index contributed by atoms with van der Waals surface area (Å²) >= 11 is 0. The number of piperazine rings is 1. The van der Waals surface area contributed by atoms with Crippen LogP contribution in [-0.4, -0.2) is 42.0 Å². The monoisotopic (exact) mass is 334 g/mol. The van der Waals surface area contributed by atoms with Crippen molar-refractivity contribution in [3.8, 4) is 6.07 Å². The van der Waals surface area contributed by atoms with Gasteiger partial charge in [0.25, 0.3) is 0 Å². The van der Waals surface area contributed by atoms with Crippen LogP contribution in [0.1, 0.15) is 16.7 Å². The minimum Gasteiger partial charge on any atom is -0.322 e. The number of hydrogen-bond donors (Lipinski definition) is 1. The van der Waals surface area contributed by atoms with E-state index < -0.39 is 0 Å². The summed E-state index contributed by atoms with van der Waals surface area (Å²) in [7, 11) is 0. The Balaban J connectivity index is 1.52. The Morgan fingerprint density at radius 3 is 2.60 bits per heavy atom. The van der Waals surface area contributed by atoms with Crippen LogP contribution < -0.4 is 5.32 Å². The molecule has 0 bridgehead atoms. The van der Waals surface area contributed by atoms with Crippen molar-refractivity contribution in [2.24, 2.45) is 0 Å². The van der Waals surface area contributed by atoms with E-state index in [1.54, 1.807) is 24.3 Å². The summed E-state index contributed by atoms with van der Waals surface area (Å²) in [6.45, 7) is 6.19. The van der Waals surface area contributed by atoms with Gasteiger partial charge in [0, 0.05) is 38.4 Å². The highest BCUT2D eigenvalue weighted by Gasteiger charge is 2.21. The predicted octanol–water partition coefficient (Wildman–Crippen LogP) is 3.22. The van der Waals surface area contributed by atoms with Crippen LogP contribution in [0.4, 0.5) is 10.5 Å². The Hall–Kier alpha value is -2.84. The van der Waals surface area contributed by atoms with Crippen molar-refractivity contribution in [1.82, 2.24) is 9.80 Å². The summed E-state index contributed by atoms with van der Waals surface area (Å²) in [4.78, 5) is 16.6. The molecule has 1 aliphatic rings. The third-order valence-corrected chi connectivity index (χ3v) is 4.56. The van der Waals surface area contributed by atoms with E-state index in [1.807, 2.05) is 4.90 Å². The van der Waals surface area contributed by atoms with Gasteiger partial charge in [-0.1, -0.05) is 30.3 Å². The molecule has 0 saturated carbocycles. The van der Waals surface area contributed by atoms with Gasteiger partial charge in [-0.15, -0.1) is 0 Å². The number of amides is 2. The summed E-state index contributed by atoms with van der Waals surface area (Å²) in [5.74, 6) is 0.